The van der Waals surface area contributed by atoms with Crippen molar-refractivity contribution in [2.24, 2.45) is 0 Å². The minimum atomic E-state index is -1.45. The molecule has 0 aliphatic carbocycles. The first-order valence-electron chi connectivity index (χ1n) is 4.03. The lowest BCUT2D eigenvalue weighted by atomic mass is 10.3. The van der Waals surface area contributed by atoms with Crippen molar-refractivity contribution in [3.05, 3.63) is 12.0 Å². The van der Waals surface area contributed by atoms with Crippen molar-refractivity contribution in [3.8, 4) is 0 Å². The highest BCUT2D eigenvalue weighted by molar-refractivity contribution is 6.69. The maximum atomic E-state index is 5.65. The first-order chi connectivity index (χ1) is 4.97. The molecule has 1 rings (SSSR count). The van der Waals surface area contributed by atoms with Crippen molar-refractivity contribution >= 4 is 8.32 Å². The summed E-state index contributed by atoms with van der Waals surface area (Å²) >= 11 is 0. The van der Waals surface area contributed by atoms with Crippen LogP contribution in [0.4, 0.5) is 0 Å². The maximum absolute atomic E-state index is 5.65. The van der Waals surface area contributed by atoms with Gasteiger partial charge in [0, 0.05) is 6.42 Å². The van der Waals surface area contributed by atoms with Gasteiger partial charge in [-0.2, -0.15) is 0 Å². The van der Waals surface area contributed by atoms with Crippen LogP contribution >= 0.6 is 0 Å². The lowest BCUT2D eigenvalue weighted by Crippen LogP contribution is -2.25. The second kappa shape index (κ2) is 2.89. The molecule has 0 aromatic heterocycles. The summed E-state index contributed by atoms with van der Waals surface area (Å²) in [7, 11) is -1.45. The SMILES string of the molecule is C[C@H]1CC=C(O[Si](C)(C)C)O1. The van der Waals surface area contributed by atoms with Crippen LogP contribution in [0.15, 0.2) is 12.0 Å². The molecule has 0 radical (unpaired) electrons. The zero-order valence-electron chi connectivity index (χ0n) is 7.68. The Morgan fingerprint density at radius 3 is 2.55 bits per heavy atom. The fraction of sp³-hybridized carbons (Fsp3) is 0.750. The molecule has 0 amide bonds. The van der Waals surface area contributed by atoms with Crippen LogP contribution < -0.4 is 0 Å². The zero-order chi connectivity index (χ0) is 8.48. The van der Waals surface area contributed by atoms with Crippen molar-refractivity contribution in [1.29, 1.82) is 0 Å². The Morgan fingerprint density at radius 1 is 1.55 bits per heavy atom. The Labute approximate surface area is 69.3 Å². The molecule has 0 fully saturated rings. The van der Waals surface area contributed by atoms with E-state index in [0.717, 1.165) is 12.4 Å². The van der Waals surface area contributed by atoms with E-state index in [1.54, 1.807) is 0 Å². The summed E-state index contributed by atoms with van der Waals surface area (Å²) in [5.41, 5.74) is 0. The molecule has 0 saturated heterocycles. The summed E-state index contributed by atoms with van der Waals surface area (Å²) in [4.78, 5) is 0. The highest BCUT2D eigenvalue weighted by atomic mass is 28.4. The van der Waals surface area contributed by atoms with Crippen LogP contribution in [0.5, 0.6) is 0 Å². The van der Waals surface area contributed by atoms with Crippen molar-refractivity contribution in [2.45, 2.75) is 39.1 Å². The molecule has 2 nitrogen and oxygen atoms in total. The smallest absolute Gasteiger partial charge is 0.261 e. The van der Waals surface area contributed by atoms with E-state index in [-0.39, 0.29) is 0 Å². The Kier molecular flexibility index (Phi) is 2.27. The van der Waals surface area contributed by atoms with Gasteiger partial charge < -0.3 is 9.16 Å². The average Bonchev–Trinajstić information content (AvgIpc) is 2.10. The van der Waals surface area contributed by atoms with Crippen molar-refractivity contribution < 1.29 is 9.16 Å². The monoisotopic (exact) mass is 172 g/mol. The molecular weight excluding hydrogens is 156 g/mol. The molecule has 0 bridgehead atoms. The van der Waals surface area contributed by atoms with E-state index >= 15 is 0 Å². The Morgan fingerprint density at radius 2 is 2.18 bits per heavy atom. The van der Waals surface area contributed by atoms with Crippen LogP contribution in [-0.4, -0.2) is 14.4 Å². The lowest BCUT2D eigenvalue weighted by molar-refractivity contribution is 0.0762. The summed E-state index contributed by atoms with van der Waals surface area (Å²) in [6.07, 6.45) is 3.32. The fourth-order valence-electron chi connectivity index (χ4n) is 0.924. The van der Waals surface area contributed by atoms with Gasteiger partial charge in [0.15, 0.2) is 0 Å². The summed E-state index contributed by atoms with van der Waals surface area (Å²) in [6.45, 7) is 8.51. The van der Waals surface area contributed by atoms with E-state index in [1.165, 1.54) is 0 Å². The summed E-state index contributed by atoms with van der Waals surface area (Å²) in [5.74, 6) is 0.747. The van der Waals surface area contributed by atoms with Crippen LogP contribution in [0, 0.1) is 0 Å². The number of rotatable bonds is 2. The second-order valence-corrected chi connectivity index (χ2v) is 8.33. The van der Waals surface area contributed by atoms with Gasteiger partial charge in [0.2, 0.25) is 8.32 Å². The molecule has 3 heteroatoms. The number of hydrogen-bond donors (Lipinski definition) is 0. The van der Waals surface area contributed by atoms with Crippen molar-refractivity contribution in [3.63, 3.8) is 0 Å². The minimum absolute atomic E-state index is 0.307. The van der Waals surface area contributed by atoms with Crippen LogP contribution in [0.2, 0.25) is 19.6 Å². The number of ether oxygens (including phenoxy) is 1. The zero-order valence-corrected chi connectivity index (χ0v) is 8.68. The molecule has 11 heavy (non-hydrogen) atoms. The van der Waals surface area contributed by atoms with Gasteiger partial charge in [0.1, 0.15) is 6.10 Å². The third-order valence-electron chi connectivity index (χ3n) is 1.34. The molecule has 0 N–H and O–H groups in total. The molecule has 64 valence electrons. The lowest BCUT2D eigenvalue weighted by Gasteiger charge is -2.20. The van der Waals surface area contributed by atoms with E-state index in [1.807, 2.05) is 6.08 Å². The molecule has 0 spiro atoms. The van der Waals surface area contributed by atoms with Crippen molar-refractivity contribution in [2.75, 3.05) is 0 Å². The second-order valence-electron chi connectivity index (χ2n) is 3.90. The van der Waals surface area contributed by atoms with Gasteiger partial charge in [0.25, 0.3) is 5.95 Å². The predicted molar refractivity (Wildman–Crippen MR) is 47.7 cm³/mol. The highest BCUT2D eigenvalue weighted by Gasteiger charge is 2.22. The quantitative estimate of drug-likeness (QED) is 0.596. The third-order valence-corrected chi connectivity index (χ3v) is 2.15. The first kappa shape index (κ1) is 8.65. The van der Waals surface area contributed by atoms with Crippen molar-refractivity contribution in [1.82, 2.24) is 0 Å². The summed E-state index contributed by atoms with van der Waals surface area (Å²) < 4.78 is 11.1. The molecule has 1 aliphatic rings. The molecular formula is C8H16O2Si. The minimum Gasteiger partial charge on any atom is -0.520 e. The summed E-state index contributed by atoms with van der Waals surface area (Å²) in [6, 6.07) is 0. The molecule has 0 aromatic carbocycles. The van der Waals surface area contributed by atoms with Crippen LogP contribution in [0.25, 0.3) is 0 Å². The van der Waals surface area contributed by atoms with E-state index in [2.05, 4.69) is 26.6 Å². The normalized spacial score (nSPS) is 24.4. The van der Waals surface area contributed by atoms with Crippen LogP contribution in [0.3, 0.4) is 0 Å². The predicted octanol–water partition coefficient (Wildman–Crippen LogP) is 2.49. The van der Waals surface area contributed by atoms with Crippen LogP contribution in [-0.2, 0) is 9.16 Å². The van der Waals surface area contributed by atoms with Gasteiger partial charge in [-0.25, -0.2) is 0 Å². The molecule has 0 aromatic rings. The van der Waals surface area contributed by atoms with E-state index in [0.29, 0.717) is 6.10 Å². The Hall–Kier alpha value is -0.443. The molecule has 0 saturated carbocycles. The molecule has 0 unspecified atom stereocenters. The molecule has 1 aliphatic heterocycles. The standard InChI is InChI=1S/C8H16O2Si/c1-7-5-6-8(9-7)10-11(2,3)4/h6-7H,5H2,1-4H3/t7-/m0/s1. The van der Waals surface area contributed by atoms with E-state index < -0.39 is 8.32 Å². The van der Waals surface area contributed by atoms with Gasteiger partial charge in [-0.1, -0.05) is 0 Å². The largest absolute Gasteiger partial charge is 0.520 e. The molecule has 1 atom stereocenters. The maximum Gasteiger partial charge on any atom is 0.261 e. The number of hydrogen-bond acceptors (Lipinski definition) is 2. The Balaban J connectivity index is 2.40. The van der Waals surface area contributed by atoms with Gasteiger partial charge >= 0.3 is 0 Å². The van der Waals surface area contributed by atoms with Gasteiger partial charge in [-0.3, -0.25) is 0 Å². The Bertz CT molecular complexity index is 169. The average molecular weight is 172 g/mol. The first-order valence-corrected chi connectivity index (χ1v) is 7.44. The highest BCUT2D eigenvalue weighted by Crippen LogP contribution is 2.20. The van der Waals surface area contributed by atoms with E-state index in [9.17, 15) is 0 Å². The fourth-order valence-corrected chi connectivity index (χ4v) is 1.66. The summed E-state index contributed by atoms with van der Waals surface area (Å²) in [5, 5.41) is 0. The topological polar surface area (TPSA) is 18.5 Å². The van der Waals surface area contributed by atoms with Gasteiger partial charge in [-0.15, -0.1) is 0 Å². The van der Waals surface area contributed by atoms with Gasteiger partial charge in [-0.05, 0) is 32.6 Å². The van der Waals surface area contributed by atoms with Crippen LogP contribution in [0.1, 0.15) is 13.3 Å². The van der Waals surface area contributed by atoms with Gasteiger partial charge in [0.05, 0.1) is 0 Å². The molecule has 1 heterocycles. The third kappa shape index (κ3) is 2.97. The van der Waals surface area contributed by atoms with E-state index in [4.69, 9.17) is 9.16 Å².